The molecule has 2 aromatic rings. The first-order valence-electron chi connectivity index (χ1n) is 4.12. The summed E-state index contributed by atoms with van der Waals surface area (Å²) in [5, 5.41) is 14.6. The molecule has 0 saturated heterocycles. The minimum atomic E-state index is -0.408. The summed E-state index contributed by atoms with van der Waals surface area (Å²) in [5.41, 5.74) is 0.932. The van der Waals surface area contributed by atoms with Gasteiger partial charge in [0.15, 0.2) is 0 Å². The third kappa shape index (κ3) is 1.99. The maximum atomic E-state index is 10.5. The van der Waals surface area contributed by atoms with Crippen LogP contribution in [0, 0.1) is 13.7 Å². The van der Waals surface area contributed by atoms with E-state index in [9.17, 15) is 10.1 Å². The Hall–Kier alpha value is -1.44. The monoisotopic (exact) mass is 315 g/mol. The van der Waals surface area contributed by atoms with E-state index in [0.717, 1.165) is 9.26 Å². The molecule has 0 unspecified atom stereocenters. The average Bonchev–Trinajstić information content (AvgIpc) is 2.70. The highest BCUT2D eigenvalue weighted by Gasteiger charge is 2.09. The summed E-state index contributed by atoms with van der Waals surface area (Å²) in [5.74, 6) is 0. The normalized spacial score (nSPS) is 10.2. The Labute approximate surface area is 99.0 Å². The Kier molecular flexibility index (Phi) is 2.67. The molecule has 0 aliphatic rings. The second kappa shape index (κ2) is 3.97. The highest BCUT2D eigenvalue weighted by Crippen LogP contribution is 2.21. The van der Waals surface area contributed by atoms with E-state index in [1.54, 1.807) is 29.2 Å². The van der Waals surface area contributed by atoms with Gasteiger partial charge in [-0.3, -0.25) is 10.1 Å². The lowest BCUT2D eigenvalue weighted by Crippen LogP contribution is -1.98. The van der Waals surface area contributed by atoms with Gasteiger partial charge < -0.3 is 0 Å². The van der Waals surface area contributed by atoms with Crippen molar-refractivity contribution < 1.29 is 4.92 Å². The van der Waals surface area contributed by atoms with E-state index in [1.807, 2.05) is 0 Å². The molecular weight excluding hydrogens is 309 g/mol. The zero-order valence-electron chi connectivity index (χ0n) is 7.50. The van der Waals surface area contributed by atoms with Gasteiger partial charge in [0.1, 0.15) is 0 Å². The summed E-state index contributed by atoms with van der Waals surface area (Å²) in [7, 11) is 0. The van der Waals surface area contributed by atoms with Crippen LogP contribution in [0.15, 0.2) is 36.7 Å². The van der Waals surface area contributed by atoms with Crippen LogP contribution in [0.3, 0.4) is 0 Å². The summed E-state index contributed by atoms with van der Waals surface area (Å²) in [6.07, 6.45) is 3.46. The second-order valence-electron chi connectivity index (χ2n) is 2.84. The molecule has 1 aromatic heterocycles. The fraction of sp³-hybridized carbons (Fsp3) is 0. The molecule has 0 spiro atoms. The van der Waals surface area contributed by atoms with Gasteiger partial charge in [-0.05, 0) is 34.7 Å². The van der Waals surface area contributed by atoms with E-state index in [4.69, 9.17) is 0 Å². The number of nitro benzene ring substituents is 1. The zero-order valence-corrected chi connectivity index (χ0v) is 9.66. The zero-order chi connectivity index (χ0) is 10.8. The van der Waals surface area contributed by atoms with Crippen LogP contribution < -0.4 is 0 Å². The number of non-ortho nitro benzene ring substituents is 1. The van der Waals surface area contributed by atoms with Crippen LogP contribution in [0.1, 0.15) is 0 Å². The number of aromatic nitrogens is 2. The fourth-order valence-electron chi connectivity index (χ4n) is 1.21. The maximum absolute atomic E-state index is 10.5. The number of hydrogen-bond acceptors (Lipinski definition) is 3. The van der Waals surface area contributed by atoms with Crippen molar-refractivity contribution in [3.8, 4) is 5.69 Å². The molecule has 0 amide bonds. The third-order valence-corrected chi connectivity index (χ3v) is 2.76. The van der Waals surface area contributed by atoms with E-state index < -0.39 is 4.92 Å². The molecule has 76 valence electrons. The van der Waals surface area contributed by atoms with E-state index >= 15 is 0 Å². The van der Waals surface area contributed by atoms with Crippen LogP contribution in [0.2, 0.25) is 0 Å². The van der Waals surface area contributed by atoms with E-state index in [1.165, 1.54) is 12.1 Å². The first-order valence-corrected chi connectivity index (χ1v) is 5.20. The quantitative estimate of drug-likeness (QED) is 0.486. The van der Waals surface area contributed by atoms with Crippen molar-refractivity contribution in [2.75, 3.05) is 0 Å². The van der Waals surface area contributed by atoms with Gasteiger partial charge in [0.05, 0.1) is 10.6 Å². The molecule has 0 fully saturated rings. The smallest absolute Gasteiger partial charge is 0.258 e. The molecule has 1 aromatic carbocycles. The number of benzene rings is 1. The lowest BCUT2D eigenvalue weighted by atomic mass is 10.3. The second-order valence-corrected chi connectivity index (χ2v) is 4.01. The predicted molar refractivity (Wildman–Crippen MR) is 62.9 cm³/mol. The van der Waals surface area contributed by atoms with Crippen LogP contribution in [0.5, 0.6) is 0 Å². The fourth-order valence-corrected chi connectivity index (χ4v) is 1.95. The van der Waals surface area contributed by atoms with Crippen LogP contribution in [-0.2, 0) is 0 Å². The van der Waals surface area contributed by atoms with Crippen molar-refractivity contribution in [1.82, 2.24) is 9.78 Å². The molecule has 0 saturated carbocycles. The SMILES string of the molecule is O=[N+]([O-])c1ccc(-n2cccn2)c(I)c1. The van der Waals surface area contributed by atoms with Crippen molar-refractivity contribution in [3.63, 3.8) is 0 Å². The van der Waals surface area contributed by atoms with Gasteiger partial charge in [-0.2, -0.15) is 5.10 Å². The molecule has 0 aliphatic carbocycles. The highest BCUT2D eigenvalue weighted by molar-refractivity contribution is 14.1. The van der Waals surface area contributed by atoms with Gasteiger partial charge >= 0.3 is 0 Å². The molecule has 0 radical (unpaired) electrons. The molecule has 6 heteroatoms. The average molecular weight is 315 g/mol. The molecular formula is C9H6IN3O2. The number of halogens is 1. The van der Waals surface area contributed by atoms with Crippen molar-refractivity contribution in [2.45, 2.75) is 0 Å². The summed E-state index contributed by atoms with van der Waals surface area (Å²) in [6.45, 7) is 0. The molecule has 1 heterocycles. The van der Waals surface area contributed by atoms with Crippen LogP contribution in [0.4, 0.5) is 5.69 Å². The number of nitrogens with zero attached hydrogens (tertiary/aromatic N) is 3. The van der Waals surface area contributed by atoms with Crippen molar-refractivity contribution in [3.05, 3.63) is 50.3 Å². The van der Waals surface area contributed by atoms with Crippen LogP contribution >= 0.6 is 22.6 Å². The number of nitro groups is 1. The largest absolute Gasteiger partial charge is 0.270 e. The Balaban J connectivity index is 2.48. The topological polar surface area (TPSA) is 61.0 Å². The van der Waals surface area contributed by atoms with Crippen molar-refractivity contribution >= 4 is 28.3 Å². The van der Waals surface area contributed by atoms with Crippen LogP contribution in [0.25, 0.3) is 5.69 Å². The Bertz CT molecular complexity index is 496. The first-order chi connectivity index (χ1) is 7.18. The summed E-state index contributed by atoms with van der Waals surface area (Å²) >= 11 is 2.06. The van der Waals surface area contributed by atoms with Gasteiger partial charge in [0.25, 0.3) is 5.69 Å². The standard InChI is InChI=1S/C9H6IN3O2/c10-8-6-7(13(14)15)2-3-9(8)12-5-1-4-11-12/h1-6H. The molecule has 15 heavy (non-hydrogen) atoms. The minimum Gasteiger partial charge on any atom is -0.258 e. The van der Waals surface area contributed by atoms with Gasteiger partial charge in [-0.25, -0.2) is 4.68 Å². The molecule has 0 N–H and O–H groups in total. The van der Waals surface area contributed by atoms with Gasteiger partial charge in [0, 0.05) is 28.1 Å². The predicted octanol–water partition coefficient (Wildman–Crippen LogP) is 2.39. The molecule has 0 bridgehead atoms. The first kappa shape index (κ1) is 10.1. The summed E-state index contributed by atoms with van der Waals surface area (Å²) in [6, 6.07) is 6.49. The lowest BCUT2D eigenvalue weighted by Gasteiger charge is -2.03. The van der Waals surface area contributed by atoms with Crippen molar-refractivity contribution in [1.29, 1.82) is 0 Å². The summed E-state index contributed by atoms with van der Waals surface area (Å²) < 4.78 is 2.47. The Morgan fingerprint density at radius 2 is 2.27 bits per heavy atom. The molecule has 5 nitrogen and oxygen atoms in total. The van der Waals surface area contributed by atoms with Gasteiger partial charge in [-0.1, -0.05) is 0 Å². The van der Waals surface area contributed by atoms with Gasteiger partial charge in [-0.15, -0.1) is 0 Å². The number of rotatable bonds is 2. The van der Waals surface area contributed by atoms with E-state index in [-0.39, 0.29) is 5.69 Å². The third-order valence-electron chi connectivity index (χ3n) is 1.89. The highest BCUT2D eigenvalue weighted by atomic mass is 127. The van der Waals surface area contributed by atoms with Crippen molar-refractivity contribution in [2.24, 2.45) is 0 Å². The maximum Gasteiger partial charge on any atom is 0.270 e. The molecule has 2 rings (SSSR count). The van der Waals surface area contributed by atoms with E-state index in [2.05, 4.69) is 27.7 Å². The summed E-state index contributed by atoms with van der Waals surface area (Å²) in [4.78, 5) is 10.1. The van der Waals surface area contributed by atoms with Gasteiger partial charge in [0.2, 0.25) is 0 Å². The van der Waals surface area contributed by atoms with Crippen LogP contribution in [-0.4, -0.2) is 14.7 Å². The lowest BCUT2D eigenvalue weighted by molar-refractivity contribution is -0.384. The molecule has 0 aliphatic heterocycles. The van der Waals surface area contributed by atoms with E-state index in [0.29, 0.717) is 0 Å². The minimum absolute atomic E-state index is 0.0929. The Morgan fingerprint density at radius 1 is 1.47 bits per heavy atom. The number of hydrogen-bond donors (Lipinski definition) is 0. The Morgan fingerprint density at radius 3 is 2.80 bits per heavy atom. The molecule has 0 atom stereocenters.